The Morgan fingerprint density at radius 1 is 1.25 bits per heavy atom. The molecule has 0 radical (unpaired) electrons. The van der Waals surface area contributed by atoms with Gasteiger partial charge in [-0.2, -0.15) is 0 Å². The molecule has 0 unspecified atom stereocenters. The van der Waals surface area contributed by atoms with E-state index in [1.165, 1.54) is 10.5 Å². The van der Waals surface area contributed by atoms with E-state index in [1.54, 1.807) is 11.8 Å². The quantitative estimate of drug-likeness (QED) is 0.475. The van der Waals surface area contributed by atoms with E-state index in [4.69, 9.17) is 15.9 Å². The summed E-state index contributed by atoms with van der Waals surface area (Å²) in [6.45, 7) is 3.10. The van der Waals surface area contributed by atoms with Gasteiger partial charge >= 0.3 is 0 Å². The molecule has 1 heterocycles. The highest BCUT2D eigenvalue weighted by atomic mass is 32.2. The van der Waals surface area contributed by atoms with Crippen molar-refractivity contribution in [1.82, 2.24) is 5.32 Å². The number of nitrogens with one attached hydrogen (secondary N) is 1. The fourth-order valence-corrected chi connectivity index (χ4v) is 2.76. The van der Waals surface area contributed by atoms with Gasteiger partial charge in [-0.3, -0.25) is 0 Å². The lowest BCUT2D eigenvalue weighted by molar-refractivity contribution is 0.171. The van der Waals surface area contributed by atoms with Gasteiger partial charge < -0.3 is 14.8 Å². The van der Waals surface area contributed by atoms with Crippen LogP contribution in [0.1, 0.15) is 24.8 Å². The highest BCUT2D eigenvalue weighted by Gasteiger charge is 2.15. The average molecular weight is 291 g/mol. The van der Waals surface area contributed by atoms with Crippen LogP contribution in [0.4, 0.5) is 0 Å². The summed E-state index contributed by atoms with van der Waals surface area (Å²) >= 11 is 1.74. The molecule has 1 aliphatic rings. The first-order valence-corrected chi connectivity index (χ1v) is 8.18. The fourth-order valence-electron chi connectivity index (χ4n) is 2.14. The van der Waals surface area contributed by atoms with Crippen molar-refractivity contribution in [1.29, 1.82) is 0 Å². The van der Waals surface area contributed by atoms with Crippen LogP contribution in [0, 0.1) is 12.3 Å². The van der Waals surface area contributed by atoms with Crippen molar-refractivity contribution >= 4 is 11.8 Å². The van der Waals surface area contributed by atoms with E-state index >= 15 is 0 Å². The summed E-state index contributed by atoms with van der Waals surface area (Å²) in [5, 5.41) is 3.46. The van der Waals surface area contributed by atoms with Crippen molar-refractivity contribution in [3.8, 4) is 23.8 Å². The first kappa shape index (κ1) is 15.1. The molecular formula is C16H21NO2S. The summed E-state index contributed by atoms with van der Waals surface area (Å²) in [6.07, 6.45) is 10.4. The predicted octanol–water partition coefficient (Wildman–Crippen LogP) is 3.07. The smallest absolute Gasteiger partial charge is 0.162 e. The molecule has 0 spiro atoms. The highest BCUT2D eigenvalue weighted by Crippen LogP contribution is 2.36. The maximum atomic E-state index is 5.64. The van der Waals surface area contributed by atoms with Gasteiger partial charge in [-0.15, -0.1) is 24.1 Å². The fraction of sp³-hybridized carbons (Fsp3) is 0.500. The molecule has 0 aromatic heterocycles. The summed E-state index contributed by atoms with van der Waals surface area (Å²) in [6, 6.07) is 4.17. The molecule has 2 rings (SSSR count). The number of fused-ring (bicyclic) bond motifs is 1. The second-order valence-corrected chi connectivity index (χ2v) is 5.49. The van der Waals surface area contributed by atoms with E-state index in [-0.39, 0.29) is 0 Å². The first-order valence-electron chi connectivity index (χ1n) is 6.96. The largest absolute Gasteiger partial charge is 0.486 e. The molecule has 4 heteroatoms. The molecule has 3 nitrogen and oxygen atoms in total. The topological polar surface area (TPSA) is 30.5 Å². The SMILES string of the molecule is C#CCCCCNCc1cc2c(cc1SC)OCCO2. The maximum absolute atomic E-state index is 5.64. The predicted molar refractivity (Wildman–Crippen MR) is 83.6 cm³/mol. The molecule has 0 atom stereocenters. The monoisotopic (exact) mass is 291 g/mol. The molecule has 0 amide bonds. The first-order chi connectivity index (χ1) is 9.85. The minimum atomic E-state index is 0.630. The Labute approximate surface area is 125 Å². The summed E-state index contributed by atoms with van der Waals surface area (Å²) in [5.41, 5.74) is 1.26. The summed E-state index contributed by atoms with van der Waals surface area (Å²) < 4.78 is 11.3. The zero-order chi connectivity index (χ0) is 14.2. The highest BCUT2D eigenvalue weighted by molar-refractivity contribution is 7.98. The Bertz CT molecular complexity index is 482. The van der Waals surface area contributed by atoms with Crippen molar-refractivity contribution in [2.45, 2.75) is 30.7 Å². The minimum absolute atomic E-state index is 0.630. The summed E-state index contributed by atoms with van der Waals surface area (Å²) in [5.74, 6) is 4.39. The molecule has 1 aliphatic heterocycles. The van der Waals surface area contributed by atoms with Crippen LogP contribution in [0.5, 0.6) is 11.5 Å². The van der Waals surface area contributed by atoms with E-state index in [0.717, 1.165) is 43.9 Å². The van der Waals surface area contributed by atoms with Gasteiger partial charge in [-0.05, 0) is 43.3 Å². The number of terminal acetylenes is 1. The average Bonchev–Trinajstić information content (AvgIpc) is 2.50. The lowest BCUT2D eigenvalue weighted by Crippen LogP contribution is -2.18. The second kappa shape index (κ2) is 8.08. The molecule has 20 heavy (non-hydrogen) atoms. The van der Waals surface area contributed by atoms with Crippen LogP contribution in [-0.4, -0.2) is 26.0 Å². The number of ether oxygens (including phenoxy) is 2. The van der Waals surface area contributed by atoms with Gasteiger partial charge in [0, 0.05) is 17.9 Å². The van der Waals surface area contributed by atoms with Crippen LogP contribution in [-0.2, 0) is 6.54 Å². The van der Waals surface area contributed by atoms with Crippen LogP contribution in [0.25, 0.3) is 0 Å². The molecule has 0 aliphatic carbocycles. The van der Waals surface area contributed by atoms with Crippen molar-refractivity contribution in [2.24, 2.45) is 0 Å². The molecule has 1 N–H and O–H groups in total. The lowest BCUT2D eigenvalue weighted by atomic mass is 10.2. The van der Waals surface area contributed by atoms with E-state index in [1.807, 2.05) is 0 Å². The Balaban J connectivity index is 1.91. The van der Waals surface area contributed by atoms with E-state index in [2.05, 4.69) is 29.6 Å². The van der Waals surface area contributed by atoms with Crippen LogP contribution in [0.3, 0.4) is 0 Å². The number of thioether (sulfide) groups is 1. The van der Waals surface area contributed by atoms with Crippen molar-refractivity contribution in [3.63, 3.8) is 0 Å². The Kier molecular flexibility index (Phi) is 6.10. The molecule has 0 saturated heterocycles. The molecule has 0 fully saturated rings. The van der Waals surface area contributed by atoms with Crippen molar-refractivity contribution in [3.05, 3.63) is 17.7 Å². The van der Waals surface area contributed by atoms with Gasteiger partial charge in [0.2, 0.25) is 0 Å². The number of hydrogen-bond donors (Lipinski definition) is 1. The number of benzene rings is 1. The zero-order valence-electron chi connectivity index (χ0n) is 11.9. The van der Waals surface area contributed by atoms with Gasteiger partial charge in [-0.25, -0.2) is 0 Å². The Morgan fingerprint density at radius 2 is 2.00 bits per heavy atom. The second-order valence-electron chi connectivity index (χ2n) is 4.65. The molecule has 108 valence electrons. The third-order valence-electron chi connectivity index (χ3n) is 3.19. The molecular weight excluding hydrogens is 270 g/mol. The standard InChI is InChI=1S/C16H21NO2S/c1-3-4-5-6-7-17-12-13-10-14-15(11-16(13)20-2)19-9-8-18-14/h1,10-11,17H,4-9,12H2,2H3. The van der Waals surface area contributed by atoms with Gasteiger partial charge in [-0.1, -0.05) is 0 Å². The molecule has 1 aromatic carbocycles. The van der Waals surface area contributed by atoms with Crippen LogP contribution in [0.15, 0.2) is 17.0 Å². The van der Waals surface area contributed by atoms with Crippen LogP contribution >= 0.6 is 11.8 Å². The minimum Gasteiger partial charge on any atom is -0.486 e. The summed E-state index contributed by atoms with van der Waals surface area (Å²) in [7, 11) is 0. The van der Waals surface area contributed by atoms with Gasteiger partial charge in [0.25, 0.3) is 0 Å². The van der Waals surface area contributed by atoms with Gasteiger partial charge in [0.15, 0.2) is 11.5 Å². The Morgan fingerprint density at radius 3 is 2.70 bits per heavy atom. The third kappa shape index (κ3) is 4.09. The maximum Gasteiger partial charge on any atom is 0.162 e. The lowest BCUT2D eigenvalue weighted by Gasteiger charge is -2.21. The van der Waals surface area contributed by atoms with Crippen molar-refractivity contribution in [2.75, 3.05) is 26.0 Å². The van der Waals surface area contributed by atoms with E-state index < -0.39 is 0 Å². The Hall–Kier alpha value is -1.31. The zero-order valence-corrected chi connectivity index (χ0v) is 12.7. The molecule has 1 aromatic rings. The number of unbranched alkanes of at least 4 members (excludes halogenated alkanes) is 2. The molecule has 0 saturated carbocycles. The van der Waals surface area contributed by atoms with Crippen LogP contribution < -0.4 is 14.8 Å². The van der Waals surface area contributed by atoms with E-state index in [9.17, 15) is 0 Å². The molecule has 0 bridgehead atoms. The van der Waals surface area contributed by atoms with Crippen LogP contribution in [0.2, 0.25) is 0 Å². The van der Waals surface area contributed by atoms with Gasteiger partial charge in [0.05, 0.1) is 0 Å². The normalized spacial score (nSPS) is 13.0. The number of rotatable bonds is 7. The number of hydrogen-bond acceptors (Lipinski definition) is 4. The van der Waals surface area contributed by atoms with Gasteiger partial charge in [0.1, 0.15) is 13.2 Å². The third-order valence-corrected chi connectivity index (χ3v) is 4.01. The summed E-state index contributed by atoms with van der Waals surface area (Å²) in [4.78, 5) is 1.24. The van der Waals surface area contributed by atoms with Crippen molar-refractivity contribution < 1.29 is 9.47 Å². The van der Waals surface area contributed by atoms with E-state index in [0.29, 0.717) is 13.2 Å².